The van der Waals surface area contributed by atoms with Crippen molar-refractivity contribution >= 4 is 5.82 Å². The molecule has 0 radical (unpaired) electrons. The average Bonchev–Trinajstić information content (AvgIpc) is 2.63. The first-order valence-corrected chi connectivity index (χ1v) is 7.81. The molecule has 0 aliphatic carbocycles. The summed E-state index contributed by atoms with van der Waals surface area (Å²) in [6.07, 6.45) is 3.69. The minimum Gasteiger partial charge on any atom is -0.493 e. The lowest BCUT2D eigenvalue weighted by Crippen LogP contribution is -2.31. The number of aromatic hydroxyl groups is 1. The Bertz CT molecular complexity index is 948. The van der Waals surface area contributed by atoms with E-state index < -0.39 is 11.6 Å². The molecule has 0 unspecified atom stereocenters. The second kappa shape index (κ2) is 6.08. The van der Waals surface area contributed by atoms with Crippen LogP contribution in [0.1, 0.15) is 11.1 Å². The molecule has 4 rings (SSSR count). The van der Waals surface area contributed by atoms with Gasteiger partial charge in [0, 0.05) is 25.5 Å². The van der Waals surface area contributed by atoms with E-state index in [2.05, 4.69) is 15.0 Å². The van der Waals surface area contributed by atoms with E-state index in [1.807, 2.05) is 4.90 Å². The molecule has 1 N–H and O–H groups in total. The smallest absolute Gasteiger partial charge is 0.222 e. The van der Waals surface area contributed by atoms with E-state index in [4.69, 9.17) is 0 Å². The Balaban J connectivity index is 1.66. The van der Waals surface area contributed by atoms with Gasteiger partial charge in [0.2, 0.25) is 5.88 Å². The third kappa shape index (κ3) is 2.88. The number of benzene rings is 1. The van der Waals surface area contributed by atoms with Crippen molar-refractivity contribution in [1.29, 1.82) is 0 Å². The Hall–Kier alpha value is -3.09. The van der Waals surface area contributed by atoms with E-state index in [1.54, 1.807) is 24.4 Å². The van der Waals surface area contributed by atoms with Crippen molar-refractivity contribution < 1.29 is 13.9 Å². The van der Waals surface area contributed by atoms with Crippen LogP contribution in [-0.4, -0.2) is 26.6 Å². The second-order valence-electron chi connectivity index (χ2n) is 5.82. The van der Waals surface area contributed by atoms with Crippen molar-refractivity contribution in [3.63, 3.8) is 0 Å². The summed E-state index contributed by atoms with van der Waals surface area (Å²) in [5.74, 6) is -0.781. The molecule has 25 heavy (non-hydrogen) atoms. The molecule has 5 nitrogen and oxygen atoms in total. The number of halogens is 2. The summed E-state index contributed by atoms with van der Waals surface area (Å²) in [6, 6.07) is 7.64. The van der Waals surface area contributed by atoms with Crippen LogP contribution >= 0.6 is 0 Å². The first-order chi connectivity index (χ1) is 12.1. The standard InChI is InChI=1S/C18H14F2N4O/c19-14-8-11-4-7-24(10-12(11)9-15(14)20)16-3-6-21-17(23-16)13-2-1-5-22-18(13)25/h1-3,5-6,8-9H,4,7,10H2,(H,22,25). The predicted octanol–water partition coefficient (Wildman–Crippen LogP) is 3.09. The van der Waals surface area contributed by atoms with Crippen LogP contribution < -0.4 is 4.90 Å². The Morgan fingerprint density at radius 3 is 2.60 bits per heavy atom. The van der Waals surface area contributed by atoms with Gasteiger partial charge in [-0.2, -0.15) is 0 Å². The summed E-state index contributed by atoms with van der Waals surface area (Å²) < 4.78 is 26.9. The maximum Gasteiger partial charge on any atom is 0.222 e. The van der Waals surface area contributed by atoms with Gasteiger partial charge in [0.25, 0.3) is 0 Å². The van der Waals surface area contributed by atoms with Crippen molar-refractivity contribution in [2.24, 2.45) is 0 Å². The largest absolute Gasteiger partial charge is 0.493 e. The molecule has 0 fully saturated rings. The van der Waals surface area contributed by atoms with Crippen molar-refractivity contribution in [2.75, 3.05) is 11.4 Å². The van der Waals surface area contributed by atoms with Crippen LogP contribution in [-0.2, 0) is 13.0 Å². The molecule has 0 atom stereocenters. The summed E-state index contributed by atoms with van der Waals surface area (Å²) in [7, 11) is 0. The fraction of sp³-hybridized carbons (Fsp3) is 0.167. The highest BCUT2D eigenvalue weighted by molar-refractivity contribution is 5.62. The number of aromatic nitrogens is 3. The zero-order valence-corrected chi connectivity index (χ0v) is 13.2. The minimum absolute atomic E-state index is 0.138. The molecule has 1 aromatic carbocycles. The van der Waals surface area contributed by atoms with Crippen molar-refractivity contribution in [3.8, 4) is 17.3 Å². The highest BCUT2D eigenvalue weighted by atomic mass is 19.2. The highest BCUT2D eigenvalue weighted by Crippen LogP contribution is 2.28. The van der Waals surface area contributed by atoms with Crippen LogP contribution in [0.4, 0.5) is 14.6 Å². The third-order valence-corrected chi connectivity index (χ3v) is 4.25. The second-order valence-corrected chi connectivity index (χ2v) is 5.82. The minimum atomic E-state index is -0.843. The molecular weight excluding hydrogens is 326 g/mol. The van der Waals surface area contributed by atoms with Gasteiger partial charge in [-0.1, -0.05) is 0 Å². The molecule has 0 saturated heterocycles. The van der Waals surface area contributed by atoms with E-state index in [0.29, 0.717) is 36.7 Å². The van der Waals surface area contributed by atoms with E-state index in [0.717, 1.165) is 11.1 Å². The normalized spacial score (nSPS) is 13.6. The number of anilines is 1. The van der Waals surface area contributed by atoms with Crippen LogP contribution in [0.15, 0.2) is 42.7 Å². The summed E-state index contributed by atoms with van der Waals surface area (Å²) in [5, 5.41) is 9.87. The van der Waals surface area contributed by atoms with Crippen LogP contribution in [0, 0.1) is 11.6 Å². The fourth-order valence-corrected chi connectivity index (χ4v) is 2.97. The molecule has 1 aliphatic heterocycles. The first-order valence-electron chi connectivity index (χ1n) is 7.81. The number of hydrogen-bond acceptors (Lipinski definition) is 5. The van der Waals surface area contributed by atoms with Crippen LogP contribution in [0.25, 0.3) is 11.4 Å². The molecule has 0 amide bonds. The molecule has 3 aromatic rings. The van der Waals surface area contributed by atoms with Gasteiger partial charge in [-0.15, -0.1) is 0 Å². The van der Waals surface area contributed by atoms with E-state index in [1.165, 1.54) is 18.3 Å². The van der Waals surface area contributed by atoms with Crippen molar-refractivity contribution in [2.45, 2.75) is 13.0 Å². The number of pyridine rings is 1. The van der Waals surface area contributed by atoms with Gasteiger partial charge in [0.15, 0.2) is 17.5 Å². The lowest BCUT2D eigenvalue weighted by Gasteiger charge is -2.30. The lowest BCUT2D eigenvalue weighted by molar-refractivity contribution is 0.455. The number of nitrogens with zero attached hydrogens (tertiary/aromatic N) is 4. The Morgan fingerprint density at radius 2 is 1.80 bits per heavy atom. The Kier molecular flexibility index (Phi) is 3.76. The van der Waals surface area contributed by atoms with Gasteiger partial charge in [-0.25, -0.2) is 23.7 Å². The molecule has 0 spiro atoms. The van der Waals surface area contributed by atoms with Crippen LogP contribution in [0.3, 0.4) is 0 Å². The lowest BCUT2D eigenvalue weighted by atomic mass is 9.99. The number of fused-ring (bicyclic) bond motifs is 1. The quantitative estimate of drug-likeness (QED) is 0.777. The first kappa shape index (κ1) is 15.4. The topological polar surface area (TPSA) is 62.1 Å². The zero-order valence-electron chi connectivity index (χ0n) is 13.2. The highest BCUT2D eigenvalue weighted by Gasteiger charge is 2.20. The fourth-order valence-electron chi connectivity index (χ4n) is 2.97. The predicted molar refractivity (Wildman–Crippen MR) is 88.0 cm³/mol. The van der Waals surface area contributed by atoms with Crippen molar-refractivity contribution in [1.82, 2.24) is 15.0 Å². The Labute approximate surface area is 142 Å². The SMILES string of the molecule is Oc1ncccc1-c1nccc(N2CCc3cc(F)c(F)cc3C2)n1. The van der Waals surface area contributed by atoms with E-state index in [9.17, 15) is 13.9 Å². The van der Waals surface area contributed by atoms with Gasteiger partial charge in [0.1, 0.15) is 5.82 Å². The molecule has 1 aliphatic rings. The van der Waals surface area contributed by atoms with Crippen molar-refractivity contribution in [3.05, 3.63) is 65.5 Å². The van der Waals surface area contributed by atoms with Crippen LogP contribution in [0.2, 0.25) is 0 Å². The molecule has 3 heterocycles. The van der Waals surface area contributed by atoms with Gasteiger partial charge >= 0.3 is 0 Å². The summed E-state index contributed by atoms with van der Waals surface area (Å²) in [5.41, 5.74) is 2.00. The molecule has 7 heteroatoms. The third-order valence-electron chi connectivity index (χ3n) is 4.25. The average molecular weight is 340 g/mol. The van der Waals surface area contributed by atoms with Crippen LogP contribution in [0.5, 0.6) is 5.88 Å². The maximum absolute atomic E-state index is 13.5. The summed E-state index contributed by atoms with van der Waals surface area (Å²) in [6.45, 7) is 1.07. The van der Waals surface area contributed by atoms with Gasteiger partial charge < -0.3 is 10.0 Å². The summed E-state index contributed by atoms with van der Waals surface area (Å²) >= 11 is 0. The molecular formula is C18H14F2N4O. The number of hydrogen-bond donors (Lipinski definition) is 1. The number of rotatable bonds is 2. The molecule has 2 aromatic heterocycles. The molecule has 0 bridgehead atoms. The van der Waals surface area contributed by atoms with E-state index in [-0.39, 0.29) is 5.88 Å². The Morgan fingerprint density at radius 1 is 1.00 bits per heavy atom. The molecule has 126 valence electrons. The zero-order chi connectivity index (χ0) is 17.4. The molecule has 0 saturated carbocycles. The van der Waals surface area contributed by atoms with Gasteiger partial charge in [-0.05, 0) is 47.9 Å². The monoisotopic (exact) mass is 340 g/mol. The maximum atomic E-state index is 13.5. The van der Waals surface area contributed by atoms with Gasteiger partial charge in [0.05, 0.1) is 5.56 Å². The van der Waals surface area contributed by atoms with E-state index >= 15 is 0 Å². The summed E-state index contributed by atoms with van der Waals surface area (Å²) in [4.78, 5) is 14.5. The van der Waals surface area contributed by atoms with Gasteiger partial charge in [-0.3, -0.25) is 0 Å².